The van der Waals surface area contributed by atoms with Crippen LogP contribution in [-0.2, 0) is 33.4 Å². The summed E-state index contributed by atoms with van der Waals surface area (Å²) >= 11 is 0. The number of benzene rings is 1. The standard InChI is InChI=1S/C6H6.2C5H8O2.C2H4O2.CO2.CH4/c1-2-4-6-5-3-1;2*1-3-4-7-5(2)6;1-2(3)4;2-1-3;/h1-6H;2*3H,1,4H2,2H3;1H3,(H,3,4);;1H4. The normalized spacial score (nSPS) is 6.68. The summed E-state index contributed by atoms with van der Waals surface area (Å²) in [6.07, 6.45) is 3.31. The molecule has 28 heavy (non-hydrogen) atoms. The molecule has 1 aromatic rings. The zero-order valence-electron chi connectivity index (χ0n) is 15.8. The van der Waals surface area contributed by atoms with Gasteiger partial charge >= 0.3 is 18.1 Å². The first-order chi connectivity index (χ1) is 12.7. The van der Waals surface area contributed by atoms with E-state index in [0.29, 0.717) is 13.2 Å². The predicted octanol–water partition coefficient (Wildman–Crippen LogP) is 3.30. The summed E-state index contributed by atoms with van der Waals surface area (Å²) in [5.41, 5.74) is 0. The van der Waals surface area contributed by atoms with Crippen molar-refractivity contribution in [1.82, 2.24) is 0 Å². The van der Waals surface area contributed by atoms with Crippen molar-refractivity contribution in [2.45, 2.75) is 28.2 Å². The number of carboxylic acid groups (broad SMARTS) is 1. The first-order valence-electron chi connectivity index (χ1n) is 7.36. The van der Waals surface area contributed by atoms with E-state index in [4.69, 9.17) is 19.5 Å². The predicted molar refractivity (Wildman–Crippen MR) is 105 cm³/mol. The van der Waals surface area contributed by atoms with E-state index >= 15 is 0 Å². The maximum Gasteiger partial charge on any atom is 0.373 e. The van der Waals surface area contributed by atoms with Crippen LogP contribution < -0.4 is 0 Å². The molecule has 0 aliphatic rings. The van der Waals surface area contributed by atoms with Crippen LogP contribution in [0.2, 0.25) is 0 Å². The van der Waals surface area contributed by atoms with Crippen molar-refractivity contribution in [3.05, 3.63) is 61.7 Å². The van der Waals surface area contributed by atoms with Crippen molar-refractivity contribution in [2.24, 2.45) is 0 Å². The van der Waals surface area contributed by atoms with Gasteiger partial charge in [-0.1, -0.05) is 69.1 Å². The van der Waals surface area contributed by atoms with E-state index in [1.165, 1.54) is 26.0 Å². The molecule has 1 rings (SSSR count). The summed E-state index contributed by atoms with van der Waals surface area (Å²) in [5, 5.41) is 7.42. The molecule has 0 aliphatic carbocycles. The van der Waals surface area contributed by atoms with Crippen LogP contribution in [0, 0.1) is 0 Å². The van der Waals surface area contributed by atoms with Crippen LogP contribution in [0.15, 0.2) is 61.7 Å². The average Bonchev–Trinajstić information content (AvgIpc) is 2.61. The van der Waals surface area contributed by atoms with Gasteiger partial charge < -0.3 is 14.6 Å². The summed E-state index contributed by atoms with van der Waals surface area (Å²) < 4.78 is 8.87. The van der Waals surface area contributed by atoms with Crippen LogP contribution in [-0.4, -0.2) is 42.4 Å². The van der Waals surface area contributed by atoms with Crippen molar-refractivity contribution in [3.8, 4) is 0 Å². The third kappa shape index (κ3) is 94.4. The molecule has 0 aromatic heterocycles. The highest BCUT2D eigenvalue weighted by molar-refractivity contribution is 5.66. The molecule has 0 atom stereocenters. The van der Waals surface area contributed by atoms with E-state index in [1.54, 1.807) is 0 Å². The van der Waals surface area contributed by atoms with Crippen molar-refractivity contribution in [1.29, 1.82) is 0 Å². The zero-order valence-corrected chi connectivity index (χ0v) is 15.8. The first kappa shape index (κ1) is 35.6. The summed E-state index contributed by atoms with van der Waals surface area (Å²) in [6, 6.07) is 12.0. The number of hydrogen-bond donors (Lipinski definition) is 1. The minimum Gasteiger partial charge on any atom is -0.481 e. The smallest absolute Gasteiger partial charge is 0.373 e. The lowest BCUT2D eigenvalue weighted by molar-refractivity contribution is -0.191. The summed E-state index contributed by atoms with van der Waals surface area (Å²) in [5.74, 6) is -1.36. The molecule has 158 valence electrons. The van der Waals surface area contributed by atoms with Gasteiger partial charge in [0.2, 0.25) is 0 Å². The van der Waals surface area contributed by atoms with Crippen LogP contribution in [0.5, 0.6) is 0 Å². The number of carbonyl (C=O) groups is 3. The Bertz CT molecular complexity index is 480. The molecule has 0 fully saturated rings. The Balaban J connectivity index is -0.0000000804. The first-order valence-corrected chi connectivity index (χ1v) is 7.36. The molecule has 0 saturated heterocycles. The molecular weight excluding hydrogens is 368 g/mol. The Morgan fingerprint density at radius 3 is 1.07 bits per heavy atom. The van der Waals surface area contributed by atoms with Gasteiger partial charge in [-0.2, -0.15) is 9.59 Å². The van der Waals surface area contributed by atoms with Crippen LogP contribution in [0.25, 0.3) is 0 Å². The Labute approximate surface area is 166 Å². The van der Waals surface area contributed by atoms with E-state index in [0.717, 1.165) is 6.92 Å². The van der Waals surface area contributed by atoms with Crippen LogP contribution in [0.4, 0.5) is 0 Å². The SMILES string of the molecule is C.C=CCOC(C)=O.C=CCOC(C)=O.CC(=O)O.O=C=O.c1ccccc1. The van der Waals surface area contributed by atoms with E-state index in [9.17, 15) is 9.59 Å². The fourth-order valence-corrected chi connectivity index (χ4v) is 0.737. The molecule has 0 saturated carbocycles. The molecular formula is C20H30O8. The van der Waals surface area contributed by atoms with Crippen LogP contribution in [0.3, 0.4) is 0 Å². The number of aliphatic carboxylic acids is 1. The lowest BCUT2D eigenvalue weighted by Crippen LogP contribution is -1.96. The Hall–Kier alpha value is -3.51. The molecule has 0 radical (unpaired) electrons. The quantitative estimate of drug-likeness (QED) is 0.605. The number of carbonyl (C=O) groups excluding carboxylic acids is 4. The van der Waals surface area contributed by atoms with Gasteiger partial charge in [0.25, 0.3) is 5.97 Å². The number of rotatable bonds is 4. The Morgan fingerprint density at radius 2 is 1.00 bits per heavy atom. The third-order valence-electron chi connectivity index (χ3n) is 1.48. The maximum absolute atomic E-state index is 9.93. The summed E-state index contributed by atoms with van der Waals surface area (Å²) in [6.45, 7) is 11.2. The number of esters is 2. The molecule has 1 aromatic carbocycles. The van der Waals surface area contributed by atoms with Crippen molar-refractivity contribution in [3.63, 3.8) is 0 Å². The molecule has 0 bridgehead atoms. The second-order valence-electron chi connectivity index (χ2n) is 3.94. The topological polar surface area (TPSA) is 124 Å². The van der Waals surface area contributed by atoms with Gasteiger partial charge in [-0.15, -0.1) is 0 Å². The van der Waals surface area contributed by atoms with Gasteiger partial charge in [0, 0.05) is 20.8 Å². The lowest BCUT2D eigenvalue weighted by Gasteiger charge is -1.90. The maximum atomic E-state index is 9.93. The molecule has 0 spiro atoms. The molecule has 8 heteroatoms. The van der Waals surface area contributed by atoms with Crippen molar-refractivity contribution >= 4 is 24.1 Å². The van der Waals surface area contributed by atoms with Crippen molar-refractivity contribution < 1.29 is 38.6 Å². The van der Waals surface area contributed by atoms with Gasteiger partial charge in [-0.3, -0.25) is 14.4 Å². The number of hydrogen-bond acceptors (Lipinski definition) is 7. The molecule has 0 heterocycles. The Morgan fingerprint density at radius 1 is 0.821 bits per heavy atom. The second kappa shape index (κ2) is 34.8. The zero-order chi connectivity index (χ0) is 21.9. The summed E-state index contributed by atoms with van der Waals surface area (Å²) in [7, 11) is 0. The van der Waals surface area contributed by atoms with Gasteiger partial charge in [0.15, 0.2) is 0 Å². The largest absolute Gasteiger partial charge is 0.481 e. The average molecular weight is 398 g/mol. The van der Waals surface area contributed by atoms with Crippen LogP contribution in [0.1, 0.15) is 28.2 Å². The van der Waals surface area contributed by atoms with E-state index in [2.05, 4.69) is 22.6 Å². The molecule has 8 nitrogen and oxygen atoms in total. The molecule has 0 unspecified atom stereocenters. The molecule has 1 N–H and O–H groups in total. The number of ether oxygens (including phenoxy) is 2. The third-order valence-corrected chi connectivity index (χ3v) is 1.48. The van der Waals surface area contributed by atoms with E-state index in [-0.39, 0.29) is 25.5 Å². The highest BCUT2D eigenvalue weighted by Crippen LogP contribution is 1.80. The molecule has 0 amide bonds. The van der Waals surface area contributed by atoms with Crippen molar-refractivity contribution in [2.75, 3.05) is 13.2 Å². The minimum absolute atomic E-state index is 0. The van der Waals surface area contributed by atoms with Crippen LogP contribution >= 0.6 is 0 Å². The highest BCUT2D eigenvalue weighted by atomic mass is 16.5. The number of carboxylic acids is 1. The van der Waals surface area contributed by atoms with Gasteiger partial charge in [0.1, 0.15) is 13.2 Å². The second-order valence-corrected chi connectivity index (χ2v) is 3.94. The fourth-order valence-electron chi connectivity index (χ4n) is 0.737. The molecule has 0 aliphatic heterocycles. The van der Waals surface area contributed by atoms with E-state index < -0.39 is 5.97 Å². The van der Waals surface area contributed by atoms with Gasteiger partial charge in [-0.05, 0) is 0 Å². The lowest BCUT2D eigenvalue weighted by atomic mass is 10.4. The summed E-state index contributed by atoms with van der Waals surface area (Å²) in [4.78, 5) is 45.1. The van der Waals surface area contributed by atoms with E-state index in [1.807, 2.05) is 36.4 Å². The Kier molecular flexibility index (Phi) is 44.2. The highest BCUT2D eigenvalue weighted by Gasteiger charge is 1.84. The fraction of sp³-hybridized carbons (Fsp3) is 0.300. The van der Waals surface area contributed by atoms with Gasteiger partial charge in [0.05, 0.1) is 0 Å². The monoisotopic (exact) mass is 398 g/mol. The van der Waals surface area contributed by atoms with Gasteiger partial charge in [-0.25, -0.2) is 0 Å². The minimum atomic E-state index is -0.833.